The molecule has 0 atom stereocenters. The fourth-order valence-corrected chi connectivity index (χ4v) is 0.856. The molecule has 0 aromatic rings. The van der Waals surface area contributed by atoms with Crippen molar-refractivity contribution in [2.45, 2.75) is 27.7 Å². The molecule has 0 rings (SSSR count). The van der Waals surface area contributed by atoms with Crippen molar-refractivity contribution in [3.05, 3.63) is 35.5 Å². The van der Waals surface area contributed by atoms with Crippen LogP contribution in [0.25, 0.3) is 0 Å². The molecule has 2 nitrogen and oxygen atoms in total. The van der Waals surface area contributed by atoms with Gasteiger partial charge in [0, 0.05) is 6.92 Å². The van der Waals surface area contributed by atoms with Gasteiger partial charge in [0.2, 0.25) is 0 Å². The zero-order valence-electron chi connectivity index (χ0n) is 9.33. The zero-order chi connectivity index (χ0) is 11.0. The second-order valence-corrected chi connectivity index (χ2v) is 3.20. The molecule has 0 aliphatic carbocycles. The number of hydrogen-bond donors (Lipinski definition) is 0. The Hall–Kier alpha value is -1.31. The van der Waals surface area contributed by atoms with Gasteiger partial charge in [0.25, 0.3) is 0 Å². The van der Waals surface area contributed by atoms with Crippen LogP contribution in [0.5, 0.6) is 0 Å². The first-order valence-electron chi connectivity index (χ1n) is 4.66. The summed E-state index contributed by atoms with van der Waals surface area (Å²) < 4.78 is 4.84. The van der Waals surface area contributed by atoms with Gasteiger partial charge in [-0.1, -0.05) is 29.9 Å². The normalized spacial score (nSPS) is 13.4. The van der Waals surface area contributed by atoms with Gasteiger partial charge in [-0.3, -0.25) is 4.79 Å². The first kappa shape index (κ1) is 12.7. The van der Waals surface area contributed by atoms with Crippen LogP contribution in [-0.4, -0.2) is 12.6 Å². The maximum Gasteiger partial charge on any atom is 0.302 e. The molecule has 0 fully saturated rings. The van der Waals surface area contributed by atoms with Gasteiger partial charge in [-0.15, -0.1) is 0 Å². The molecular weight excluding hydrogens is 176 g/mol. The Balaban J connectivity index is 4.10. The van der Waals surface area contributed by atoms with Gasteiger partial charge in [-0.25, -0.2) is 0 Å². The highest BCUT2D eigenvalue weighted by molar-refractivity contribution is 5.66. The predicted molar refractivity (Wildman–Crippen MR) is 59.0 cm³/mol. The summed E-state index contributed by atoms with van der Waals surface area (Å²) in [5.41, 5.74) is 2.21. The van der Waals surface area contributed by atoms with Crippen LogP contribution in [0, 0.1) is 0 Å². The van der Waals surface area contributed by atoms with Crippen molar-refractivity contribution in [3.8, 4) is 0 Å². The second-order valence-electron chi connectivity index (χ2n) is 3.20. The largest absolute Gasteiger partial charge is 0.461 e. The van der Waals surface area contributed by atoms with E-state index in [2.05, 4.69) is 0 Å². The topological polar surface area (TPSA) is 26.3 Å². The number of esters is 1. The molecule has 2 heteroatoms. The number of carbonyl (C=O) groups excluding carboxylic acids is 1. The number of carbonyl (C=O) groups is 1. The van der Waals surface area contributed by atoms with E-state index < -0.39 is 0 Å². The van der Waals surface area contributed by atoms with Crippen molar-refractivity contribution in [2.75, 3.05) is 6.61 Å². The summed E-state index contributed by atoms with van der Waals surface area (Å²) in [4.78, 5) is 10.5. The summed E-state index contributed by atoms with van der Waals surface area (Å²) in [6, 6.07) is 0. The molecule has 0 N–H and O–H groups in total. The first-order chi connectivity index (χ1) is 6.56. The van der Waals surface area contributed by atoms with E-state index in [1.165, 1.54) is 12.5 Å². The lowest BCUT2D eigenvalue weighted by Crippen LogP contribution is -2.00. The average molecular weight is 194 g/mol. The molecular formula is C12H18O2. The van der Waals surface area contributed by atoms with Crippen molar-refractivity contribution in [1.29, 1.82) is 0 Å². The standard InChI is InChI=1S/C12H18O2/c1-5-6-10(2)7-8-11(3)9-14-12(4)13/h5-8H,9H2,1-4H3. The summed E-state index contributed by atoms with van der Waals surface area (Å²) >= 11 is 0. The van der Waals surface area contributed by atoms with E-state index >= 15 is 0 Å². The highest BCUT2D eigenvalue weighted by Crippen LogP contribution is 1.99. The van der Waals surface area contributed by atoms with Crippen molar-refractivity contribution in [2.24, 2.45) is 0 Å². The lowest BCUT2D eigenvalue weighted by atomic mass is 10.2. The molecule has 0 aliphatic heterocycles. The average Bonchev–Trinajstić information content (AvgIpc) is 2.12. The molecule has 0 amide bonds. The molecule has 14 heavy (non-hydrogen) atoms. The molecule has 0 spiro atoms. The molecule has 0 aromatic carbocycles. The van der Waals surface area contributed by atoms with Gasteiger partial charge >= 0.3 is 5.97 Å². The summed E-state index contributed by atoms with van der Waals surface area (Å²) in [5.74, 6) is -0.244. The third-order valence-corrected chi connectivity index (χ3v) is 1.56. The van der Waals surface area contributed by atoms with Gasteiger partial charge in [0.1, 0.15) is 6.61 Å². The fraction of sp³-hybridized carbons (Fsp3) is 0.417. The minimum Gasteiger partial charge on any atom is -0.461 e. The Morgan fingerprint density at radius 2 is 1.86 bits per heavy atom. The SMILES string of the molecule is CC=CC(C)=CC=C(C)COC(C)=O. The molecule has 0 heterocycles. The molecule has 0 radical (unpaired) electrons. The molecule has 0 aromatic heterocycles. The van der Waals surface area contributed by atoms with Crippen LogP contribution >= 0.6 is 0 Å². The lowest BCUT2D eigenvalue weighted by molar-refractivity contribution is -0.139. The molecule has 0 unspecified atom stereocenters. The van der Waals surface area contributed by atoms with Crippen molar-refractivity contribution >= 4 is 5.97 Å². The molecule has 0 saturated heterocycles. The lowest BCUT2D eigenvalue weighted by Gasteiger charge is -2.00. The number of hydrogen-bond acceptors (Lipinski definition) is 2. The number of allylic oxidation sites excluding steroid dienone is 5. The van der Waals surface area contributed by atoms with Gasteiger partial charge in [0.15, 0.2) is 0 Å². The van der Waals surface area contributed by atoms with Crippen molar-refractivity contribution < 1.29 is 9.53 Å². The number of ether oxygens (including phenoxy) is 1. The summed E-state index contributed by atoms with van der Waals surface area (Å²) in [6.07, 6.45) is 7.97. The second kappa shape index (κ2) is 7.13. The highest BCUT2D eigenvalue weighted by atomic mass is 16.5. The van der Waals surface area contributed by atoms with Gasteiger partial charge < -0.3 is 4.74 Å². The summed E-state index contributed by atoms with van der Waals surface area (Å²) in [6.45, 7) is 7.72. The monoisotopic (exact) mass is 194 g/mol. The van der Waals surface area contributed by atoms with Crippen LogP contribution in [0.2, 0.25) is 0 Å². The predicted octanol–water partition coefficient (Wildman–Crippen LogP) is 3.02. The van der Waals surface area contributed by atoms with E-state index in [0.717, 1.165) is 5.57 Å². The smallest absolute Gasteiger partial charge is 0.302 e. The van der Waals surface area contributed by atoms with Crippen molar-refractivity contribution in [3.63, 3.8) is 0 Å². The summed E-state index contributed by atoms with van der Waals surface area (Å²) in [5, 5.41) is 0. The minimum atomic E-state index is -0.244. The summed E-state index contributed by atoms with van der Waals surface area (Å²) in [7, 11) is 0. The first-order valence-corrected chi connectivity index (χ1v) is 4.66. The van der Waals surface area contributed by atoms with E-state index in [-0.39, 0.29) is 5.97 Å². The Bertz CT molecular complexity index is 270. The highest BCUT2D eigenvalue weighted by Gasteiger charge is 1.92. The Morgan fingerprint density at radius 1 is 1.21 bits per heavy atom. The molecule has 0 saturated carbocycles. The van der Waals surface area contributed by atoms with Crippen LogP contribution in [-0.2, 0) is 9.53 Å². The Kier molecular flexibility index (Phi) is 6.46. The number of rotatable bonds is 4. The van der Waals surface area contributed by atoms with Gasteiger partial charge in [-0.2, -0.15) is 0 Å². The van der Waals surface area contributed by atoms with Crippen LogP contribution in [0.1, 0.15) is 27.7 Å². The van der Waals surface area contributed by atoms with E-state index in [4.69, 9.17) is 4.74 Å². The maximum absolute atomic E-state index is 10.5. The third-order valence-electron chi connectivity index (χ3n) is 1.56. The van der Waals surface area contributed by atoms with E-state index in [0.29, 0.717) is 6.61 Å². The van der Waals surface area contributed by atoms with Crippen LogP contribution in [0.15, 0.2) is 35.5 Å². The van der Waals surface area contributed by atoms with Crippen LogP contribution in [0.3, 0.4) is 0 Å². The molecule has 0 bridgehead atoms. The molecule has 78 valence electrons. The van der Waals surface area contributed by atoms with Crippen molar-refractivity contribution in [1.82, 2.24) is 0 Å². The quantitative estimate of drug-likeness (QED) is 0.508. The zero-order valence-corrected chi connectivity index (χ0v) is 9.33. The Morgan fingerprint density at radius 3 is 2.36 bits per heavy atom. The maximum atomic E-state index is 10.5. The molecule has 0 aliphatic rings. The van der Waals surface area contributed by atoms with Crippen LogP contribution in [0.4, 0.5) is 0 Å². The van der Waals surface area contributed by atoms with Gasteiger partial charge in [0.05, 0.1) is 0 Å². The third kappa shape index (κ3) is 7.35. The minimum absolute atomic E-state index is 0.244. The fourth-order valence-electron chi connectivity index (χ4n) is 0.856. The van der Waals surface area contributed by atoms with E-state index in [1.54, 1.807) is 0 Å². The van der Waals surface area contributed by atoms with Crippen LogP contribution < -0.4 is 0 Å². The van der Waals surface area contributed by atoms with E-state index in [9.17, 15) is 4.79 Å². The van der Waals surface area contributed by atoms with Gasteiger partial charge in [-0.05, 0) is 26.3 Å². The Labute approximate surface area is 86.0 Å². The van der Waals surface area contributed by atoms with E-state index in [1.807, 2.05) is 45.1 Å².